The van der Waals surface area contributed by atoms with Gasteiger partial charge < -0.3 is 15.9 Å². The Bertz CT molecular complexity index is 1620. The van der Waals surface area contributed by atoms with Crippen LogP contribution in [0.2, 0.25) is 0 Å². The summed E-state index contributed by atoms with van der Waals surface area (Å²) in [5.74, 6) is -2.41. The monoisotopic (exact) mass is 483 g/mol. The average Bonchev–Trinajstić information content (AvgIpc) is 2.87. The van der Waals surface area contributed by atoms with Gasteiger partial charge >= 0.3 is 11.9 Å². The number of fused-ring (bicyclic) bond motifs is 2. The van der Waals surface area contributed by atoms with Crippen LogP contribution in [0.15, 0.2) is 85.3 Å². The van der Waals surface area contributed by atoms with Crippen molar-refractivity contribution in [2.24, 2.45) is 0 Å². The molecule has 0 aliphatic heterocycles. The molecule has 0 aliphatic carbocycles. The molecule has 36 heavy (non-hydrogen) atoms. The molecule has 5 aromatic rings. The van der Waals surface area contributed by atoms with Crippen LogP contribution >= 0.6 is 0 Å². The lowest BCUT2D eigenvalue weighted by Crippen LogP contribution is -1.97. The van der Waals surface area contributed by atoms with Gasteiger partial charge in [-0.2, -0.15) is 0 Å². The molecule has 178 valence electrons. The minimum absolute atomic E-state index is 0.337. The second-order valence-electron chi connectivity index (χ2n) is 7.37. The number of carboxylic acid groups (broad SMARTS) is 2. The van der Waals surface area contributed by atoms with E-state index in [0.29, 0.717) is 34.9 Å². The summed E-state index contributed by atoms with van der Waals surface area (Å²) in [6.45, 7) is 0. The number of carbonyl (C=O) groups is 2. The number of carboxylic acids is 2. The molecule has 0 bridgehead atoms. The molecule has 0 atom stereocenters. The number of aliphatic carboxylic acids is 2. The molecule has 10 heteroatoms. The van der Waals surface area contributed by atoms with Gasteiger partial charge in [-0.15, -0.1) is 0 Å². The van der Waals surface area contributed by atoms with Crippen molar-refractivity contribution in [3.8, 4) is 22.5 Å². The molecule has 4 N–H and O–H groups in total. The summed E-state index contributed by atoms with van der Waals surface area (Å²) in [7, 11) is 0. The van der Waals surface area contributed by atoms with Gasteiger partial charge in [-0.25, -0.2) is 28.9 Å². The van der Waals surface area contributed by atoms with Gasteiger partial charge in [-0.05, 0) is 42.5 Å². The van der Waals surface area contributed by atoms with E-state index in [1.165, 1.54) is 6.07 Å². The maximum absolute atomic E-state index is 14.4. The molecule has 0 radical (unpaired) electrons. The quantitative estimate of drug-likeness (QED) is 0.317. The highest BCUT2D eigenvalue weighted by atomic mass is 19.1. The van der Waals surface area contributed by atoms with Crippen molar-refractivity contribution < 1.29 is 24.2 Å². The Kier molecular flexibility index (Phi) is 6.87. The summed E-state index contributed by atoms with van der Waals surface area (Å²) in [4.78, 5) is 36.8. The third-order valence-electron chi connectivity index (χ3n) is 5.08. The Morgan fingerprint density at radius 2 is 1.47 bits per heavy atom. The zero-order chi connectivity index (χ0) is 25.7. The zero-order valence-electron chi connectivity index (χ0n) is 18.5. The number of rotatable bonds is 4. The summed E-state index contributed by atoms with van der Waals surface area (Å²) in [6.07, 6.45) is 6.14. The van der Waals surface area contributed by atoms with Gasteiger partial charge in [0.25, 0.3) is 0 Å². The van der Waals surface area contributed by atoms with Gasteiger partial charge in [0.15, 0.2) is 5.65 Å². The number of benzene rings is 1. The van der Waals surface area contributed by atoms with Gasteiger partial charge in [-0.1, -0.05) is 12.1 Å². The van der Waals surface area contributed by atoms with Gasteiger partial charge in [0, 0.05) is 58.0 Å². The lowest BCUT2D eigenvalue weighted by Gasteiger charge is -2.12. The van der Waals surface area contributed by atoms with Crippen molar-refractivity contribution in [2.75, 3.05) is 5.73 Å². The minimum atomic E-state index is -1.26. The molecular weight excluding hydrogens is 465 g/mol. The van der Waals surface area contributed by atoms with E-state index >= 15 is 0 Å². The molecule has 5 rings (SSSR count). The van der Waals surface area contributed by atoms with E-state index in [9.17, 15) is 14.0 Å². The van der Waals surface area contributed by atoms with E-state index in [4.69, 9.17) is 15.9 Å². The first kappa shape index (κ1) is 23.9. The number of hydrogen-bond acceptors (Lipinski definition) is 7. The molecule has 0 spiro atoms. The molecule has 0 fully saturated rings. The van der Waals surface area contributed by atoms with Crippen LogP contribution in [0.25, 0.3) is 44.3 Å². The smallest absolute Gasteiger partial charge is 0.328 e. The first-order chi connectivity index (χ1) is 17.3. The molecular formula is C26H18FN5O4. The Hall–Kier alpha value is -5.25. The standard InChI is InChI=1S/C22H14FN5.C4H4O4/c23-18-6-2-1-4-16(18)19-12-17(15-5-3-9-27-22(15)28-19)20-13-7-11-26-21(24)14(13)8-10-25-20;5-3(6)1-2-4(7)8/h1-12H,(H2,24,26);1-2H,(H,5,6)(H,7,8). The largest absolute Gasteiger partial charge is 0.478 e. The van der Waals surface area contributed by atoms with Crippen LogP contribution in [0.5, 0.6) is 0 Å². The lowest BCUT2D eigenvalue weighted by atomic mass is 9.99. The minimum Gasteiger partial charge on any atom is -0.478 e. The highest BCUT2D eigenvalue weighted by Crippen LogP contribution is 2.35. The maximum Gasteiger partial charge on any atom is 0.328 e. The zero-order valence-corrected chi connectivity index (χ0v) is 18.5. The van der Waals surface area contributed by atoms with E-state index in [-0.39, 0.29) is 5.82 Å². The second kappa shape index (κ2) is 10.3. The average molecular weight is 483 g/mol. The van der Waals surface area contributed by atoms with E-state index in [2.05, 4.69) is 19.9 Å². The van der Waals surface area contributed by atoms with Crippen molar-refractivity contribution in [3.05, 3.63) is 91.2 Å². The number of aromatic nitrogens is 4. The van der Waals surface area contributed by atoms with E-state index in [1.807, 2.05) is 30.3 Å². The number of nitrogens with zero attached hydrogens (tertiary/aromatic N) is 4. The van der Waals surface area contributed by atoms with E-state index in [1.54, 1.807) is 36.8 Å². The van der Waals surface area contributed by atoms with Crippen molar-refractivity contribution in [1.29, 1.82) is 0 Å². The summed E-state index contributed by atoms with van der Waals surface area (Å²) in [5.41, 5.74) is 9.02. The molecule has 0 amide bonds. The van der Waals surface area contributed by atoms with Gasteiger partial charge in [0.1, 0.15) is 11.6 Å². The van der Waals surface area contributed by atoms with E-state index < -0.39 is 11.9 Å². The third kappa shape index (κ3) is 5.12. The Balaban J connectivity index is 0.000000331. The fourth-order valence-electron chi connectivity index (χ4n) is 3.54. The highest BCUT2D eigenvalue weighted by molar-refractivity contribution is 6.05. The fourth-order valence-corrected chi connectivity index (χ4v) is 3.54. The number of nitrogen functional groups attached to an aromatic ring is 1. The highest BCUT2D eigenvalue weighted by Gasteiger charge is 2.16. The summed E-state index contributed by atoms with van der Waals surface area (Å²) in [6, 6.07) is 15.9. The van der Waals surface area contributed by atoms with E-state index in [0.717, 1.165) is 27.4 Å². The first-order valence-corrected chi connectivity index (χ1v) is 10.5. The number of pyridine rings is 4. The molecule has 0 saturated heterocycles. The van der Waals surface area contributed by atoms with Crippen LogP contribution in [0.4, 0.5) is 10.2 Å². The third-order valence-corrected chi connectivity index (χ3v) is 5.08. The lowest BCUT2D eigenvalue weighted by molar-refractivity contribution is -0.134. The Morgan fingerprint density at radius 3 is 2.19 bits per heavy atom. The summed E-state index contributed by atoms with van der Waals surface area (Å²) >= 11 is 0. The van der Waals surface area contributed by atoms with Crippen LogP contribution in [0.1, 0.15) is 0 Å². The molecule has 1 aromatic carbocycles. The molecule has 0 aliphatic rings. The molecule has 0 saturated carbocycles. The number of halogens is 1. The molecule has 4 heterocycles. The Morgan fingerprint density at radius 1 is 0.778 bits per heavy atom. The summed E-state index contributed by atoms with van der Waals surface area (Å²) < 4.78 is 14.4. The normalized spacial score (nSPS) is 10.8. The number of anilines is 1. The van der Waals surface area contributed by atoms with Gasteiger partial charge in [-0.3, -0.25) is 4.98 Å². The van der Waals surface area contributed by atoms with Crippen molar-refractivity contribution in [1.82, 2.24) is 19.9 Å². The topological polar surface area (TPSA) is 152 Å². The summed E-state index contributed by atoms with van der Waals surface area (Å²) in [5, 5.41) is 18.1. The Labute approximate surface area is 203 Å². The predicted octanol–water partition coefficient (Wildman–Crippen LogP) is 4.34. The number of hydrogen-bond donors (Lipinski definition) is 3. The molecule has 0 unspecified atom stereocenters. The second-order valence-corrected chi connectivity index (χ2v) is 7.37. The van der Waals surface area contributed by atoms with Crippen LogP contribution < -0.4 is 5.73 Å². The van der Waals surface area contributed by atoms with Crippen molar-refractivity contribution >= 4 is 39.6 Å². The van der Waals surface area contributed by atoms with Crippen LogP contribution in [0, 0.1) is 5.82 Å². The first-order valence-electron chi connectivity index (χ1n) is 10.5. The van der Waals surface area contributed by atoms with Crippen molar-refractivity contribution in [2.45, 2.75) is 0 Å². The predicted molar refractivity (Wildman–Crippen MR) is 132 cm³/mol. The van der Waals surface area contributed by atoms with Crippen LogP contribution in [-0.4, -0.2) is 42.1 Å². The van der Waals surface area contributed by atoms with Gasteiger partial charge in [0.2, 0.25) is 0 Å². The van der Waals surface area contributed by atoms with Crippen molar-refractivity contribution in [3.63, 3.8) is 0 Å². The van der Waals surface area contributed by atoms with Crippen LogP contribution in [-0.2, 0) is 9.59 Å². The molecule has 9 nitrogen and oxygen atoms in total. The van der Waals surface area contributed by atoms with Crippen LogP contribution in [0.3, 0.4) is 0 Å². The maximum atomic E-state index is 14.4. The molecule has 4 aromatic heterocycles. The fraction of sp³-hybridized carbons (Fsp3) is 0. The van der Waals surface area contributed by atoms with Gasteiger partial charge in [0.05, 0.1) is 11.4 Å². The number of nitrogens with two attached hydrogens (primary N) is 1. The SMILES string of the molecule is Nc1nccc2c(-c3cc(-c4ccccc4F)nc4ncccc34)nccc12.O=C(O)C=CC(=O)O.